The van der Waals surface area contributed by atoms with E-state index >= 15 is 0 Å². The molecule has 0 bridgehead atoms. The summed E-state index contributed by atoms with van der Waals surface area (Å²) >= 11 is 0. The molecule has 5 fully saturated rings. The quantitative estimate of drug-likeness (QED) is 0.640. The Bertz CT molecular complexity index is 732. The van der Waals surface area contributed by atoms with E-state index in [0.29, 0.717) is 23.7 Å². The highest BCUT2D eigenvalue weighted by atomic mass is 16.8. The fraction of sp³-hybridized carbons (Fsp3) is 0.880. The van der Waals surface area contributed by atoms with Gasteiger partial charge in [0.1, 0.15) is 0 Å². The molecule has 1 aliphatic heterocycles. The molecule has 0 aromatic carbocycles. The van der Waals surface area contributed by atoms with Gasteiger partial charge in [-0.15, -0.1) is 0 Å². The van der Waals surface area contributed by atoms with E-state index < -0.39 is 5.79 Å². The first-order valence-corrected chi connectivity index (χ1v) is 11.9. The van der Waals surface area contributed by atoms with E-state index in [4.69, 9.17) is 9.47 Å². The largest absolute Gasteiger partial charge is 0.354 e. The lowest BCUT2D eigenvalue weighted by Crippen LogP contribution is -2.63. The van der Waals surface area contributed by atoms with Crippen molar-refractivity contribution in [2.24, 2.45) is 34.5 Å². The zero-order valence-corrected chi connectivity index (χ0v) is 18.9. The average Bonchev–Trinajstić information content (AvgIpc) is 3.11. The third kappa shape index (κ3) is 2.81. The second-order valence-corrected chi connectivity index (χ2v) is 11.7. The van der Waals surface area contributed by atoms with Crippen molar-refractivity contribution in [3.05, 3.63) is 12.2 Å². The summed E-state index contributed by atoms with van der Waals surface area (Å²) < 4.78 is 13.3. The lowest BCUT2D eigenvalue weighted by molar-refractivity contribution is -0.174. The smallest absolute Gasteiger partial charge is 0.217 e. The fourth-order valence-electron chi connectivity index (χ4n) is 8.51. The first kappa shape index (κ1) is 20.1. The van der Waals surface area contributed by atoms with Gasteiger partial charge in [-0.1, -0.05) is 26.0 Å². The van der Waals surface area contributed by atoms with Gasteiger partial charge < -0.3 is 14.8 Å². The van der Waals surface area contributed by atoms with Crippen LogP contribution in [0.5, 0.6) is 0 Å². The number of ether oxygens (including phenoxy) is 2. The van der Waals surface area contributed by atoms with Gasteiger partial charge in [-0.05, 0) is 93.3 Å². The van der Waals surface area contributed by atoms with Gasteiger partial charge in [0.25, 0.3) is 0 Å². The molecule has 5 aliphatic rings. The number of allylic oxidation sites excluding steroid dienone is 1. The molecule has 0 aromatic rings. The van der Waals surface area contributed by atoms with Crippen LogP contribution in [0.4, 0.5) is 0 Å². The van der Waals surface area contributed by atoms with Gasteiger partial charge in [0, 0.05) is 13.0 Å². The van der Waals surface area contributed by atoms with E-state index in [2.05, 4.69) is 39.6 Å². The summed E-state index contributed by atoms with van der Waals surface area (Å²) in [5, 5.41) is 3.21. The highest BCUT2D eigenvalue weighted by molar-refractivity contribution is 5.73. The molecule has 29 heavy (non-hydrogen) atoms. The number of nitrogens with one attached hydrogen (secondary N) is 1. The van der Waals surface area contributed by atoms with Gasteiger partial charge in [0.15, 0.2) is 5.79 Å². The van der Waals surface area contributed by atoms with Gasteiger partial charge in [-0.25, -0.2) is 0 Å². The molecule has 4 aliphatic carbocycles. The van der Waals surface area contributed by atoms with Crippen molar-refractivity contribution in [2.75, 3.05) is 0 Å². The van der Waals surface area contributed by atoms with Crippen molar-refractivity contribution in [1.82, 2.24) is 5.32 Å². The zero-order chi connectivity index (χ0) is 20.8. The number of rotatable bonds is 1. The minimum absolute atomic E-state index is 0.0886. The SMILES string of the molecule is C=C1CCC2C3C(CC[C@]12C)[C@@]1(C)CC[C@@H](NC(C)=O)CC1[C@H]1OC(C)(C)O[C@H]31. The Hall–Kier alpha value is -0.870. The van der Waals surface area contributed by atoms with Crippen molar-refractivity contribution in [3.63, 3.8) is 0 Å². The predicted molar refractivity (Wildman–Crippen MR) is 113 cm³/mol. The van der Waals surface area contributed by atoms with Gasteiger partial charge >= 0.3 is 0 Å². The number of hydrogen-bond donors (Lipinski definition) is 1. The van der Waals surface area contributed by atoms with Crippen LogP contribution >= 0.6 is 0 Å². The molecule has 1 amide bonds. The third-order valence-electron chi connectivity index (χ3n) is 9.90. The first-order chi connectivity index (χ1) is 13.6. The molecule has 4 unspecified atom stereocenters. The fourth-order valence-corrected chi connectivity index (χ4v) is 8.51. The maximum atomic E-state index is 11.7. The van der Waals surface area contributed by atoms with Gasteiger partial charge in [-0.3, -0.25) is 4.79 Å². The average molecular weight is 402 g/mol. The lowest BCUT2D eigenvalue weighted by Gasteiger charge is -2.63. The molecule has 0 aromatic heterocycles. The van der Waals surface area contributed by atoms with E-state index in [1.165, 1.54) is 37.7 Å². The number of fused-ring (bicyclic) bond motifs is 8. The third-order valence-corrected chi connectivity index (χ3v) is 9.90. The van der Waals surface area contributed by atoms with Crippen LogP contribution in [0.25, 0.3) is 0 Å². The van der Waals surface area contributed by atoms with Gasteiger partial charge in [-0.2, -0.15) is 0 Å². The Morgan fingerprint density at radius 3 is 2.45 bits per heavy atom. The van der Waals surface area contributed by atoms with Crippen molar-refractivity contribution in [3.8, 4) is 0 Å². The summed E-state index contributed by atoms with van der Waals surface area (Å²) in [5.74, 6) is 1.95. The topological polar surface area (TPSA) is 47.6 Å². The molecule has 1 saturated heterocycles. The molecule has 4 heteroatoms. The van der Waals surface area contributed by atoms with Gasteiger partial charge in [0.05, 0.1) is 12.2 Å². The number of hydrogen-bond acceptors (Lipinski definition) is 3. The minimum atomic E-state index is -0.518. The lowest BCUT2D eigenvalue weighted by atomic mass is 9.43. The maximum absolute atomic E-state index is 11.7. The molecule has 1 heterocycles. The summed E-state index contributed by atoms with van der Waals surface area (Å²) in [6, 6.07) is 0.273. The first-order valence-electron chi connectivity index (χ1n) is 11.9. The summed E-state index contributed by atoms with van der Waals surface area (Å²) in [5.41, 5.74) is 2.02. The van der Waals surface area contributed by atoms with E-state index in [9.17, 15) is 4.79 Å². The maximum Gasteiger partial charge on any atom is 0.217 e. The van der Waals surface area contributed by atoms with E-state index in [1.807, 2.05) is 0 Å². The molecule has 4 saturated carbocycles. The minimum Gasteiger partial charge on any atom is -0.354 e. The van der Waals surface area contributed by atoms with E-state index in [0.717, 1.165) is 12.8 Å². The standard InChI is InChI=1S/C25H39NO3/c1-14-7-8-17-20-18(10-12-24(14,17)5)25(6)11-9-16(26-15(2)27)13-19(25)21-22(20)29-23(3,4)28-21/h16-22H,1,7-13H2,2-6H3,(H,26,27)/t16-,17?,18?,19?,20?,21-,22-,24-,25-/m1/s1. The summed E-state index contributed by atoms with van der Waals surface area (Å²) in [4.78, 5) is 11.7. The normalized spacial score (nSPS) is 52.9. The summed E-state index contributed by atoms with van der Waals surface area (Å²) in [6.45, 7) is 15.3. The Morgan fingerprint density at radius 2 is 1.72 bits per heavy atom. The van der Waals surface area contributed by atoms with Crippen LogP contribution in [0.3, 0.4) is 0 Å². The van der Waals surface area contributed by atoms with Crippen LogP contribution in [-0.2, 0) is 14.3 Å². The Kier molecular flexibility index (Phi) is 4.37. The summed E-state index contributed by atoms with van der Waals surface area (Å²) in [7, 11) is 0. The Labute approximate surface area is 176 Å². The number of amides is 1. The van der Waals surface area contributed by atoms with Gasteiger partial charge in [0.2, 0.25) is 5.91 Å². The number of carbonyl (C=O) groups excluding carboxylic acids is 1. The van der Waals surface area contributed by atoms with Crippen molar-refractivity contribution in [1.29, 1.82) is 0 Å². The highest BCUT2D eigenvalue weighted by Gasteiger charge is 2.67. The van der Waals surface area contributed by atoms with Crippen LogP contribution in [0.2, 0.25) is 0 Å². The second-order valence-electron chi connectivity index (χ2n) is 11.7. The van der Waals surface area contributed by atoms with Crippen molar-refractivity contribution in [2.45, 2.75) is 104 Å². The molecule has 0 spiro atoms. The van der Waals surface area contributed by atoms with Crippen LogP contribution in [0.15, 0.2) is 12.2 Å². The molecule has 0 radical (unpaired) electrons. The Morgan fingerprint density at radius 1 is 1.00 bits per heavy atom. The van der Waals surface area contributed by atoms with Crippen LogP contribution in [0.1, 0.15) is 79.6 Å². The molecular weight excluding hydrogens is 362 g/mol. The van der Waals surface area contributed by atoms with Crippen LogP contribution in [-0.4, -0.2) is 29.9 Å². The van der Waals surface area contributed by atoms with E-state index in [1.54, 1.807) is 6.92 Å². The van der Waals surface area contributed by atoms with Crippen molar-refractivity contribution >= 4 is 5.91 Å². The Balaban J connectivity index is 1.53. The van der Waals surface area contributed by atoms with Crippen LogP contribution < -0.4 is 5.32 Å². The molecular formula is C25H39NO3. The zero-order valence-electron chi connectivity index (χ0n) is 18.9. The number of carbonyl (C=O) groups is 1. The van der Waals surface area contributed by atoms with Crippen molar-refractivity contribution < 1.29 is 14.3 Å². The molecule has 5 rings (SSSR count). The summed E-state index contributed by atoms with van der Waals surface area (Å²) in [6.07, 6.45) is 8.61. The predicted octanol–water partition coefficient (Wildman–Crippen LogP) is 4.83. The molecule has 1 N–H and O–H groups in total. The molecule has 9 atom stereocenters. The molecule has 4 nitrogen and oxygen atoms in total. The highest BCUT2D eigenvalue weighted by Crippen LogP contribution is 2.69. The monoisotopic (exact) mass is 401 g/mol. The molecule has 162 valence electrons. The van der Waals surface area contributed by atoms with E-state index in [-0.39, 0.29) is 35.0 Å². The van der Waals surface area contributed by atoms with Crippen LogP contribution in [0, 0.1) is 34.5 Å². The second kappa shape index (κ2) is 6.32.